The first kappa shape index (κ1) is 15.1. The molecule has 1 rings (SSSR count). The zero-order chi connectivity index (χ0) is 14.4. The van der Waals surface area contributed by atoms with Gasteiger partial charge in [0.2, 0.25) is 5.91 Å². The molecule has 1 atom stereocenters. The smallest absolute Gasteiger partial charge is 0.244 e. The SMILES string of the molecule is COc1ccc(OC)c([C@@H](C)NC(=O)C=C(C)C)c1. The fourth-order valence-electron chi connectivity index (χ4n) is 1.77. The van der Waals surface area contributed by atoms with Crippen molar-refractivity contribution < 1.29 is 14.3 Å². The van der Waals surface area contributed by atoms with Crippen molar-refractivity contribution in [2.75, 3.05) is 14.2 Å². The third-order valence-corrected chi connectivity index (χ3v) is 2.68. The third-order valence-electron chi connectivity index (χ3n) is 2.68. The monoisotopic (exact) mass is 263 g/mol. The summed E-state index contributed by atoms with van der Waals surface area (Å²) in [4.78, 5) is 11.7. The highest BCUT2D eigenvalue weighted by molar-refractivity contribution is 5.88. The molecule has 0 aliphatic heterocycles. The number of ether oxygens (including phenoxy) is 2. The molecule has 0 aromatic heterocycles. The molecule has 1 amide bonds. The second-order valence-corrected chi connectivity index (χ2v) is 4.56. The van der Waals surface area contributed by atoms with Gasteiger partial charge in [-0.25, -0.2) is 0 Å². The molecule has 0 radical (unpaired) electrons. The van der Waals surface area contributed by atoms with E-state index in [1.807, 2.05) is 39.0 Å². The number of nitrogens with one attached hydrogen (secondary N) is 1. The fraction of sp³-hybridized carbons (Fsp3) is 0.400. The van der Waals surface area contributed by atoms with Crippen molar-refractivity contribution in [2.24, 2.45) is 0 Å². The van der Waals surface area contributed by atoms with Crippen molar-refractivity contribution in [3.05, 3.63) is 35.4 Å². The van der Waals surface area contributed by atoms with E-state index in [-0.39, 0.29) is 11.9 Å². The summed E-state index contributed by atoms with van der Waals surface area (Å²) in [5.41, 5.74) is 1.85. The Morgan fingerprint density at radius 3 is 2.47 bits per heavy atom. The van der Waals surface area contributed by atoms with E-state index in [1.54, 1.807) is 20.3 Å². The lowest BCUT2D eigenvalue weighted by atomic mass is 10.1. The molecular formula is C15H21NO3. The Hall–Kier alpha value is -1.97. The van der Waals surface area contributed by atoms with Crippen LogP contribution in [0.5, 0.6) is 11.5 Å². The number of rotatable bonds is 5. The Labute approximate surface area is 114 Å². The topological polar surface area (TPSA) is 47.6 Å². The molecule has 0 unspecified atom stereocenters. The van der Waals surface area contributed by atoms with Crippen LogP contribution in [0.3, 0.4) is 0 Å². The van der Waals surface area contributed by atoms with Gasteiger partial charge < -0.3 is 14.8 Å². The first-order chi connectivity index (χ1) is 8.97. The van der Waals surface area contributed by atoms with Crippen molar-refractivity contribution in [1.82, 2.24) is 5.32 Å². The summed E-state index contributed by atoms with van der Waals surface area (Å²) >= 11 is 0. The molecule has 1 aromatic carbocycles. The molecule has 1 aromatic rings. The maximum absolute atomic E-state index is 11.7. The van der Waals surface area contributed by atoms with E-state index in [4.69, 9.17) is 9.47 Å². The van der Waals surface area contributed by atoms with Crippen LogP contribution < -0.4 is 14.8 Å². The van der Waals surface area contributed by atoms with Crippen LogP contribution in [-0.2, 0) is 4.79 Å². The number of hydrogen-bond acceptors (Lipinski definition) is 3. The minimum Gasteiger partial charge on any atom is -0.497 e. The number of methoxy groups -OCH3 is 2. The van der Waals surface area contributed by atoms with Crippen LogP contribution in [0.2, 0.25) is 0 Å². The summed E-state index contributed by atoms with van der Waals surface area (Å²) in [7, 11) is 3.22. The third kappa shape index (κ3) is 4.32. The lowest BCUT2D eigenvalue weighted by Crippen LogP contribution is -2.25. The molecule has 0 fully saturated rings. The average molecular weight is 263 g/mol. The van der Waals surface area contributed by atoms with Crippen LogP contribution in [0.15, 0.2) is 29.8 Å². The van der Waals surface area contributed by atoms with Gasteiger partial charge in [0.25, 0.3) is 0 Å². The lowest BCUT2D eigenvalue weighted by molar-refractivity contribution is -0.117. The maximum Gasteiger partial charge on any atom is 0.244 e. The Bertz CT molecular complexity index is 476. The largest absolute Gasteiger partial charge is 0.497 e. The molecule has 0 saturated heterocycles. The normalized spacial score (nSPS) is 11.4. The molecule has 104 valence electrons. The minimum absolute atomic E-state index is 0.114. The second-order valence-electron chi connectivity index (χ2n) is 4.56. The van der Waals surface area contributed by atoms with Gasteiger partial charge in [0.05, 0.1) is 20.3 Å². The van der Waals surface area contributed by atoms with E-state index in [0.717, 1.165) is 22.6 Å². The van der Waals surface area contributed by atoms with Gasteiger partial charge in [-0.05, 0) is 39.0 Å². The Morgan fingerprint density at radius 2 is 1.95 bits per heavy atom. The number of carbonyl (C=O) groups is 1. The number of amides is 1. The molecule has 0 saturated carbocycles. The zero-order valence-electron chi connectivity index (χ0n) is 12.1. The van der Waals surface area contributed by atoms with E-state index < -0.39 is 0 Å². The summed E-state index contributed by atoms with van der Waals surface area (Å²) < 4.78 is 10.5. The van der Waals surface area contributed by atoms with Gasteiger partial charge in [-0.3, -0.25) is 4.79 Å². The summed E-state index contributed by atoms with van der Waals surface area (Å²) in [6.07, 6.45) is 1.57. The van der Waals surface area contributed by atoms with Gasteiger partial charge in [-0.1, -0.05) is 5.57 Å². The van der Waals surface area contributed by atoms with Gasteiger partial charge in [0.15, 0.2) is 0 Å². The van der Waals surface area contributed by atoms with Gasteiger partial charge in [0, 0.05) is 11.6 Å². The summed E-state index contributed by atoms with van der Waals surface area (Å²) in [6, 6.07) is 5.37. The van der Waals surface area contributed by atoms with Gasteiger partial charge >= 0.3 is 0 Å². The number of hydrogen-bond donors (Lipinski definition) is 1. The fourth-order valence-corrected chi connectivity index (χ4v) is 1.77. The van der Waals surface area contributed by atoms with E-state index in [0.29, 0.717) is 0 Å². The van der Waals surface area contributed by atoms with Crippen molar-refractivity contribution in [3.8, 4) is 11.5 Å². The van der Waals surface area contributed by atoms with Crippen molar-refractivity contribution in [2.45, 2.75) is 26.8 Å². The van der Waals surface area contributed by atoms with Crippen LogP contribution in [0.1, 0.15) is 32.4 Å². The Morgan fingerprint density at radius 1 is 1.26 bits per heavy atom. The summed E-state index contributed by atoms with van der Waals surface area (Å²) in [5.74, 6) is 1.35. The highest BCUT2D eigenvalue weighted by Crippen LogP contribution is 2.29. The number of carbonyl (C=O) groups excluding carboxylic acids is 1. The minimum atomic E-state index is -0.159. The van der Waals surface area contributed by atoms with E-state index >= 15 is 0 Å². The van der Waals surface area contributed by atoms with Crippen molar-refractivity contribution in [1.29, 1.82) is 0 Å². The Kier molecular flexibility index (Phi) is 5.42. The highest BCUT2D eigenvalue weighted by atomic mass is 16.5. The van der Waals surface area contributed by atoms with Crippen molar-refractivity contribution >= 4 is 5.91 Å². The number of benzene rings is 1. The van der Waals surface area contributed by atoms with Gasteiger partial charge in [-0.15, -0.1) is 0 Å². The van der Waals surface area contributed by atoms with Crippen LogP contribution in [0.25, 0.3) is 0 Å². The maximum atomic E-state index is 11.7. The van der Waals surface area contributed by atoms with Crippen LogP contribution in [0, 0.1) is 0 Å². The first-order valence-corrected chi connectivity index (χ1v) is 6.15. The molecule has 1 N–H and O–H groups in total. The quantitative estimate of drug-likeness (QED) is 0.831. The molecule has 0 aliphatic rings. The molecule has 19 heavy (non-hydrogen) atoms. The van der Waals surface area contributed by atoms with E-state index in [9.17, 15) is 4.79 Å². The predicted octanol–water partition coefficient (Wildman–Crippen LogP) is 2.85. The summed E-state index contributed by atoms with van der Waals surface area (Å²) in [6.45, 7) is 5.68. The molecule has 0 aliphatic carbocycles. The van der Waals surface area contributed by atoms with Gasteiger partial charge in [0.1, 0.15) is 11.5 Å². The molecule has 4 heteroatoms. The standard InChI is InChI=1S/C15H21NO3/c1-10(2)8-15(17)16-11(3)13-9-12(18-4)6-7-14(13)19-5/h6-9,11H,1-5H3,(H,16,17)/t11-/m1/s1. The predicted molar refractivity (Wildman–Crippen MR) is 75.5 cm³/mol. The molecular weight excluding hydrogens is 242 g/mol. The molecule has 0 bridgehead atoms. The lowest BCUT2D eigenvalue weighted by Gasteiger charge is -2.17. The molecule has 0 spiro atoms. The van der Waals surface area contributed by atoms with E-state index in [1.165, 1.54) is 0 Å². The van der Waals surface area contributed by atoms with Crippen molar-refractivity contribution in [3.63, 3.8) is 0 Å². The van der Waals surface area contributed by atoms with Crippen LogP contribution in [-0.4, -0.2) is 20.1 Å². The summed E-state index contributed by atoms with van der Waals surface area (Å²) in [5, 5.41) is 2.90. The first-order valence-electron chi connectivity index (χ1n) is 6.15. The van der Waals surface area contributed by atoms with Crippen LogP contribution in [0.4, 0.5) is 0 Å². The molecule has 4 nitrogen and oxygen atoms in total. The molecule has 0 heterocycles. The number of allylic oxidation sites excluding steroid dienone is 1. The van der Waals surface area contributed by atoms with Gasteiger partial charge in [-0.2, -0.15) is 0 Å². The highest BCUT2D eigenvalue weighted by Gasteiger charge is 2.14. The second kappa shape index (κ2) is 6.83. The zero-order valence-corrected chi connectivity index (χ0v) is 12.1. The van der Waals surface area contributed by atoms with E-state index in [2.05, 4.69) is 5.32 Å². The van der Waals surface area contributed by atoms with Crippen LogP contribution >= 0.6 is 0 Å². The average Bonchev–Trinajstić information content (AvgIpc) is 2.36. The Balaban J connectivity index is 2.94.